The normalized spacial score (nSPS) is 26.0. The molecule has 2 aliphatic rings. The Labute approximate surface area is 137 Å². The van der Waals surface area contributed by atoms with Crippen molar-refractivity contribution in [1.29, 1.82) is 0 Å². The summed E-state index contributed by atoms with van der Waals surface area (Å²) in [5.41, 5.74) is 1.29. The summed E-state index contributed by atoms with van der Waals surface area (Å²) in [6.45, 7) is 4.14. The van der Waals surface area contributed by atoms with Crippen LogP contribution in [-0.4, -0.2) is 58.7 Å². The largest absolute Gasteiger partial charge is 0.508 e. The van der Waals surface area contributed by atoms with Crippen LogP contribution in [0.3, 0.4) is 0 Å². The minimum Gasteiger partial charge on any atom is -0.508 e. The number of rotatable bonds is 4. The molecular formula is C18H26N2O3. The molecule has 3 rings (SSSR count). The maximum absolute atomic E-state index is 12.0. The van der Waals surface area contributed by atoms with Crippen molar-refractivity contribution >= 4 is 5.91 Å². The first-order valence-corrected chi connectivity index (χ1v) is 8.49. The molecule has 5 heteroatoms. The molecule has 2 fully saturated rings. The van der Waals surface area contributed by atoms with Crippen LogP contribution >= 0.6 is 0 Å². The highest BCUT2D eigenvalue weighted by molar-refractivity contribution is 5.77. The number of hydrogen-bond acceptors (Lipinski definition) is 4. The van der Waals surface area contributed by atoms with E-state index >= 15 is 0 Å². The number of phenols is 1. The van der Waals surface area contributed by atoms with Crippen molar-refractivity contribution < 1.29 is 15.0 Å². The molecule has 2 heterocycles. The molecule has 23 heavy (non-hydrogen) atoms. The van der Waals surface area contributed by atoms with Crippen LogP contribution in [0.4, 0.5) is 0 Å². The molecule has 2 N–H and O–H groups in total. The molecule has 5 nitrogen and oxygen atoms in total. The van der Waals surface area contributed by atoms with Crippen LogP contribution < -0.4 is 0 Å². The van der Waals surface area contributed by atoms with Crippen LogP contribution in [0, 0.1) is 5.41 Å². The van der Waals surface area contributed by atoms with E-state index in [0.717, 1.165) is 51.0 Å². The predicted octanol–water partition coefficient (Wildman–Crippen LogP) is 1.59. The van der Waals surface area contributed by atoms with E-state index in [1.165, 1.54) is 0 Å². The van der Waals surface area contributed by atoms with E-state index in [9.17, 15) is 9.90 Å². The van der Waals surface area contributed by atoms with Crippen LogP contribution in [0.5, 0.6) is 5.75 Å². The minimum absolute atomic E-state index is 0.0365. The molecule has 0 unspecified atom stereocenters. The average Bonchev–Trinajstić information content (AvgIpc) is 2.52. The third-order valence-electron chi connectivity index (χ3n) is 5.18. The Morgan fingerprint density at radius 1 is 1.22 bits per heavy atom. The third kappa shape index (κ3) is 3.85. The van der Waals surface area contributed by atoms with Gasteiger partial charge in [-0.25, -0.2) is 0 Å². The summed E-state index contributed by atoms with van der Waals surface area (Å²) in [5, 5.41) is 18.8. The highest BCUT2D eigenvalue weighted by atomic mass is 16.3. The van der Waals surface area contributed by atoms with E-state index in [4.69, 9.17) is 5.11 Å². The van der Waals surface area contributed by atoms with Gasteiger partial charge >= 0.3 is 0 Å². The lowest BCUT2D eigenvalue weighted by Gasteiger charge is -2.48. The first kappa shape index (κ1) is 16.3. The zero-order valence-corrected chi connectivity index (χ0v) is 13.6. The van der Waals surface area contributed by atoms with Gasteiger partial charge in [0, 0.05) is 38.0 Å². The monoisotopic (exact) mass is 318 g/mol. The Kier molecular flexibility index (Phi) is 4.87. The number of carbonyl (C=O) groups excluding carboxylic acids is 1. The van der Waals surface area contributed by atoms with E-state index in [-0.39, 0.29) is 17.9 Å². The fourth-order valence-corrected chi connectivity index (χ4v) is 4.12. The molecule has 126 valence electrons. The fraction of sp³-hybridized carbons (Fsp3) is 0.611. The second kappa shape index (κ2) is 6.89. The number of phenolic OH excluding ortho intramolecular Hbond substituents is 1. The number of carbonyl (C=O) groups is 1. The molecule has 1 aromatic carbocycles. The number of likely N-dealkylation sites (tertiary alicyclic amines) is 2. The fourth-order valence-electron chi connectivity index (χ4n) is 4.12. The van der Waals surface area contributed by atoms with E-state index in [2.05, 4.69) is 4.90 Å². The van der Waals surface area contributed by atoms with Crippen molar-refractivity contribution in [3.05, 3.63) is 29.8 Å². The lowest BCUT2D eigenvalue weighted by atomic mass is 9.73. The smallest absolute Gasteiger partial charge is 0.222 e. The third-order valence-corrected chi connectivity index (χ3v) is 5.18. The molecule has 0 radical (unpaired) electrons. The number of nitrogens with zero attached hydrogens (tertiary/aromatic N) is 2. The van der Waals surface area contributed by atoms with Crippen molar-refractivity contribution in [3.8, 4) is 5.75 Å². The van der Waals surface area contributed by atoms with Crippen molar-refractivity contribution in [1.82, 2.24) is 9.80 Å². The number of aliphatic hydroxyl groups excluding tert-OH is 1. The standard InChI is InChI=1S/C18H26N2O3/c21-10-9-20-14-18(7-5-17(20)23)6-2-8-19(13-18)12-15-3-1-4-16(22)11-15/h1,3-4,11,21-22H,2,5-10,12-14H2/t18-/m1/s1. The second-order valence-electron chi connectivity index (χ2n) is 7.02. The number of benzene rings is 1. The number of amides is 1. The molecule has 2 aliphatic heterocycles. The lowest BCUT2D eigenvalue weighted by Crippen LogP contribution is -2.54. The predicted molar refractivity (Wildman–Crippen MR) is 88.0 cm³/mol. The first-order valence-electron chi connectivity index (χ1n) is 8.49. The summed E-state index contributed by atoms with van der Waals surface area (Å²) in [6.07, 6.45) is 3.84. The Morgan fingerprint density at radius 3 is 2.87 bits per heavy atom. The Balaban J connectivity index is 1.66. The van der Waals surface area contributed by atoms with Crippen LogP contribution in [-0.2, 0) is 11.3 Å². The van der Waals surface area contributed by atoms with Crippen molar-refractivity contribution in [3.63, 3.8) is 0 Å². The van der Waals surface area contributed by atoms with Crippen LogP contribution in [0.2, 0.25) is 0 Å². The van der Waals surface area contributed by atoms with Gasteiger partial charge in [0.05, 0.1) is 6.61 Å². The molecule has 1 aromatic rings. The number of β-amino-alcohol motifs (C(OH)–C–C–N with tert-alkyl or cyclic N) is 1. The SMILES string of the molecule is O=C1CC[C@@]2(CCCN(Cc3cccc(O)c3)C2)CN1CCO. The number of aromatic hydroxyl groups is 1. The Bertz CT molecular complexity index is 563. The molecule has 1 spiro atoms. The van der Waals surface area contributed by atoms with Gasteiger partial charge < -0.3 is 15.1 Å². The van der Waals surface area contributed by atoms with Gasteiger partial charge in [-0.3, -0.25) is 9.69 Å². The van der Waals surface area contributed by atoms with E-state index < -0.39 is 0 Å². The maximum Gasteiger partial charge on any atom is 0.222 e. The second-order valence-corrected chi connectivity index (χ2v) is 7.02. The molecule has 0 aromatic heterocycles. The molecule has 0 saturated carbocycles. The Morgan fingerprint density at radius 2 is 2.09 bits per heavy atom. The quantitative estimate of drug-likeness (QED) is 0.885. The Hall–Kier alpha value is -1.59. The molecule has 1 atom stereocenters. The molecule has 2 saturated heterocycles. The van der Waals surface area contributed by atoms with E-state index in [0.29, 0.717) is 18.7 Å². The molecule has 0 aliphatic carbocycles. The molecular weight excluding hydrogens is 292 g/mol. The highest BCUT2D eigenvalue weighted by Gasteiger charge is 2.41. The summed E-state index contributed by atoms with van der Waals surface area (Å²) < 4.78 is 0. The minimum atomic E-state index is 0.0365. The molecule has 1 amide bonds. The van der Waals surface area contributed by atoms with Crippen LogP contribution in [0.25, 0.3) is 0 Å². The van der Waals surface area contributed by atoms with Crippen molar-refractivity contribution in [2.24, 2.45) is 5.41 Å². The summed E-state index contributed by atoms with van der Waals surface area (Å²) >= 11 is 0. The lowest BCUT2D eigenvalue weighted by molar-refractivity contribution is -0.140. The topological polar surface area (TPSA) is 64.0 Å². The van der Waals surface area contributed by atoms with Gasteiger partial charge in [0.2, 0.25) is 5.91 Å². The first-order chi connectivity index (χ1) is 11.1. The van der Waals surface area contributed by atoms with Gasteiger partial charge in [-0.2, -0.15) is 0 Å². The van der Waals surface area contributed by atoms with E-state index in [1.54, 1.807) is 6.07 Å². The molecule has 0 bridgehead atoms. The summed E-state index contributed by atoms with van der Waals surface area (Å²) in [5.74, 6) is 0.487. The number of piperidine rings is 2. The number of hydrogen-bond donors (Lipinski definition) is 2. The zero-order chi connectivity index (χ0) is 16.3. The van der Waals surface area contributed by atoms with Gasteiger partial charge in [-0.05, 0) is 43.5 Å². The van der Waals surface area contributed by atoms with Crippen LogP contribution in [0.1, 0.15) is 31.2 Å². The summed E-state index contributed by atoms with van der Waals surface area (Å²) in [7, 11) is 0. The van der Waals surface area contributed by atoms with Crippen molar-refractivity contribution in [2.75, 3.05) is 32.8 Å². The van der Waals surface area contributed by atoms with Gasteiger partial charge in [-0.15, -0.1) is 0 Å². The average molecular weight is 318 g/mol. The van der Waals surface area contributed by atoms with Gasteiger partial charge in [0.15, 0.2) is 0 Å². The van der Waals surface area contributed by atoms with E-state index in [1.807, 2.05) is 23.1 Å². The summed E-state index contributed by atoms with van der Waals surface area (Å²) in [4.78, 5) is 16.3. The zero-order valence-electron chi connectivity index (χ0n) is 13.6. The number of aliphatic hydroxyl groups is 1. The highest BCUT2D eigenvalue weighted by Crippen LogP contribution is 2.39. The van der Waals surface area contributed by atoms with Crippen LogP contribution in [0.15, 0.2) is 24.3 Å². The van der Waals surface area contributed by atoms with Gasteiger partial charge in [-0.1, -0.05) is 12.1 Å². The summed E-state index contributed by atoms with van der Waals surface area (Å²) in [6, 6.07) is 7.44. The maximum atomic E-state index is 12.0. The van der Waals surface area contributed by atoms with Gasteiger partial charge in [0.25, 0.3) is 0 Å². The van der Waals surface area contributed by atoms with Crippen molar-refractivity contribution in [2.45, 2.75) is 32.2 Å². The van der Waals surface area contributed by atoms with Gasteiger partial charge in [0.1, 0.15) is 5.75 Å².